The van der Waals surface area contributed by atoms with Crippen LogP contribution >= 0.6 is 0 Å². The zero-order valence-corrected chi connectivity index (χ0v) is 5.65. The van der Waals surface area contributed by atoms with Crippen LogP contribution in [0.3, 0.4) is 0 Å². The van der Waals surface area contributed by atoms with Crippen LogP contribution in [0.25, 0.3) is 0 Å². The third kappa shape index (κ3) is 1.16. The highest BCUT2D eigenvalue weighted by molar-refractivity contribution is 5.15. The zero-order chi connectivity index (χ0) is 6.91. The van der Waals surface area contributed by atoms with Gasteiger partial charge in [-0.1, -0.05) is 6.92 Å². The zero-order valence-electron chi connectivity index (χ0n) is 5.65. The molecule has 52 valence electrons. The topological polar surface area (TPSA) is 64.1 Å². The summed E-state index contributed by atoms with van der Waals surface area (Å²) < 4.78 is 0. The molecule has 0 aromatic heterocycles. The van der Waals surface area contributed by atoms with Crippen molar-refractivity contribution in [2.45, 2.75) is 19.8 Å². The molecule has 0 bridgehead atoms. The Balaban J connectivity index is 2.51. The van der Waals surface area contributed by atoms with Crippen molar-refractivity contribution in [2.24, 2.45) is 17.0 Å². The van der Waals surface area contributed by atoms with E-state index in [0.29, 0.717) is 0 Å². The number of hydrogen-bond donors (Lipinski definition) is 3. The molecule has 5 N–H and O–H groups in total. The van der Waals surface area contributed by atoms with Crippen LogP contribution in [0.2, 0.25) is 0 Å². The standard InChI is InChI=1S/C6H13N3/c1-6(2-3-6)5(7)4-9-8/h4,9H,2-3,7-8H2,1H3/b5-4-. The SMILES string of the molecule is CC1(/C(N)=C/NN)CC1. The van der Waals surface area contributed by atoms with E-state index in [1.165, 1.54) is 12.8 Å². The first-order chi connectivity index (χ1) is 4.19. The first-order valence-electron chi connectivity index (χ1n) is 3.11. The highest BCUT2D eigenvalue weighted by Crippen LogP contribution is 2.48. The lowest BCUT2D eigenvalue weighted by atomic mass is 10.1. The average Bonchev–Trinajstić information content (AvgIpc) is 2.50. The highest BCUT2D eigenvalue weighted by Gasteiger charge is 2.39. The molecule has 0 unspecified atom stereocenters. The molecule has 1 aliphatic carbocycles. The molecule has 1 rings (SSSR count). The minimum absolute atomic E-state index is 0.256. The number of allylic oxidation sites excluding steroid dienone is 1. The lowest BCUT2D eigenvalue weighted by Crippen LogP contribution is -2.19. The summed E-state index contributed by atoms with van der Waals surface area (Å²) in [4.78, 5) is 0. The smallest absolute Gasteiger partial charge is 0.0316 e. The Morgan fingerprint density at radius 1 is 1.67 bits per heavy atom. The molecule has 0 aromatic carbocycles. The van der Waals surface area contributed by atoms with Gasteiger partial charge in [0, 0.05) is 17.3 Å². The fourth-order valence-corrected chi connectivity index (χ4v) is 0.740. The third-order valence-corrected chi connectivity index (χ3v) is 1.94. The van der Waals surface area contributed by atoms with Crippen molar-refractivity contribution < 1.29 is 0 Å². The molecule has 1 saturated carbocycles. The fourth-order valence-electron chi connectivity index (χ4n) is 0.740. The lowest BCUT2D eigenvalue weighted by Gasteiger charge is -2.06. The van der Waals surface area contributed by atoms with Gasteiger partial charge in [0.15, 0.2) is 0 Å². The normalized spacial score (nSPS) is 23.6. The fraction of sp³-hybridized carbons (Fsp3) is 0.667. The quantitative estimate of drug-likeness (QED) is 0.363. The van der Waals surface area contributed by atoms with Crippen molar-refractivity contribution >= 4 is 0 Å². The molecule has 3 nitrogen and oxygen atoms in total. The first kappa shape index (κ1) is 6.42. The largest absolute Gasteiger partial charge is 0.400 e. The van der Waals surface area contributed by atoms with E-state index in [1.54, 1.807) is 6.20 Å². The van der Waals surface area contributed by atoms with Gasteiger partial charge in [0.05, 0.1) is 0 Å². The molecule has 0 atom stereocenters. The summed E-state index contributed by atoms with van der Waals surface area (Å²) in [5, 5.41) is 0. The van der Waals surface area contributed by atoms with Crippen molar-refractivity contribution in [1.29, 1.82) is 0 Å². The van der Waals surface area contributed by atoms with Crippen LogP contribution in [0.4, 0.5) is 0 Å². The van der Waals surface area contributed by atoms with Gasteiger partial charge in [-0.15, -0.1) is 0 Å². The first-order valence-corrected chi connectivity index (χ1v) is 3.11. The van der Waals surface area contributed by atoms with Gasteiger partial charge in [-0.05, 0) is 12.8 Å². The number of hydrazine groups is 1. The molecule has 3 heteroatoms. The van der Waals surface area contributed by atoms with Crippen LogP contribution in [0.5, 0.6) is 0 Å². The van der Waals surface area contributed by atoms with Crippen LogP contribution in [0, 0.1) is 5.41 Å². The summed E-state index contributed by atoms with van der Waals surface area (Å²) >= 11 is 0. The highest BCUT2D eigenvalue weighted by atomic mass is 15.2. The second-order valence-electron chi connectivity index (χ2n) is 2.83. The van der Waals surface area contributed by atoms with Crippen molar-refractivity contribution in [3.8, 4) is 0 Å². The Morgan fingerprint density at radius 3 is 2.56 bits per heavy atom. The molecule has 1 aliphatic rings. The van der Waals surface area contributed by atoms with E-state index in [4.69, 9.17) is 11.6 Å². The van der Waals surface area contributed by atoms with Crippen molar-refractivity contribution in [3.63, 3.8) is 0 Å². The maximum absolute atomic E-state index is 5.64. The summed E-state index contributed by atoms with van der Waals surface area (Å²) in [7, 11) is 0. The maximum atomic E-state index is 5.64. The number of hydrogen-bond acceptors (Lipinski definition) is 3. The Labute approximate surface area is 55.1 Å². The summed E-state index contributed by atoms with van der Waals surface area (Å²) in [6, 6.07) is 0. The van der Waals surface area contributed by atoms with Crippen molar-refractivity contribution in [3.05, 3.63) is 11.9 Å². The van der Waals surface area contributed by atoms with Crippen LogP contribution in [0.15, 0.2) is 11.9 Å². The van der Waals surface area contributed by atoms with Gasteiger partial charge in [0.1, 0.15) is 0 Å². The van der Waals surface area contributed by atoms with Gasteiger partial charge >= 0.3 is 0 Å². The second-order valence-corrected chi connectivity index (χ2v) is 2.83. The predicted molar refractivity (Wildman–Crippen MR) is 36.9 cm³/mol. The Hall–Kier alpha value is -0.700. The molecular weight excluding hydrogens is 114 g/mol. The van der Waals surface area contributed by atoms with Crippen LogP contribution in [-0.4, -0.2) is 0 Å². The molecule has 0 heterocycles. The molecule has 0 aromatic rings. The summed E-state index contributed by atoms with van der Waals surface area (Å²) in [6.45, 7) is 2.14. The predicted octanol–water partition coefficient (Wildman–Crippen LogP) is 0.0499. The maximum Gasteiger partial charge on any atom is 0.0316 e. The van der Waals surface area contributed by atoms with E-state index in [9.17, 15) is 0 Å². The summed E-state index contributed by atoms with van der Waals surface area (Å²) in [5.74, 6) is 5.05. The number of nitrogens with two attached hydrogens (primary N) is 2. The van der Waals surface area contributed by atoms with Gasteiger partial charge in [-0.25, -0.2) is 0 Å². The second kappa shape index (κ2) is 1.92. The molecule has 9 heavy (non-hydrogen) atoms. The van der Waals surface area contributed by atoms with Gasteiger partial charge in [-0.2, -0.15) is 0 Å². The van der Waals surface area contributed by atoms with Gasteiger partial charge < -0.3 is 11.2 Å². The number of nitrogens with one attached hydrogen (secondary N) is 1. The Kier molecular flexibility index (Phi) is 1.37. The molecule has 0 saturated heterocycles. The Bertz CT molecular complexity index is 135. The van der Waals surface area contributed by atoms with E-state index >= 15 is 0 Å². The molecule has 0 radical (unpaired) electrons. The third-order valence-electron chi connectivity index (χ3n) is 1.94. The van der Waals surface area contributed by atoms with Crippen LogP contribution in [-0.2, 0) is 0 Å². The van der Waals surface area contributed by atoms with Crippen LogP contribution in [0.1, 0.15) is 19.8 Å². The van der Waals surface area contributed by atoms with E-state index in [-0.39, 0.29) is 5.41 Å². The minimum atomic E-state index is 0.256. The van der Waals surface area contributed by atoms with Gasteiger partial charge in [0.25, 0.3) is 0 Å². The monoisotopic (exact) mass is 127 g/mol. The molecule has 0 spiro atoms. The summed E-state index contributed by atoms with van der Waals surface area (Å²) in [5.41, 5.74) is 9.19. The Morgan fingerprint density at radius 2 is 2.22 bits per heavy atom. The molecular formula is C6H13N3. The lowest BCUT2D eigenvalue weighted by molar-refractivity contribution is 0.667. The average molecular weight is 127 g/mol. The molecule has 0 amide bonds. The van der Waals surface area contributed by atoms with Gasteiger partial charge in [-0.3, -0.25) is 5.84 Å². The van der Waals surface area contributed by atoms with Crippen molar-refractivity contribution in [1.82, 2.24) is 5.43 Å². The van der Waals surface area contributed by atoms with Gasteiger partial charge in [0.2, 0.25) is 0 Å². The van der Waals surface area contributed by atoms with Crippen LogP contribution < -0.4 is 17.0 Å². The van der Waals surface area contributed by atoms with E-state index in [1.807, 2.05) is 0 Å². The van der Waals surface area contributed by atoms with E-state index in [0.717, 1.165) is 5.70 Å². The van der Waals surface area contributed by atoms with E-state index < -0.39 is 0 Å². The molecule has 0 aliphatic heterocycles. The van der Waals surface area contributed by atoms with E-state index in [2.05, 4.69) is 12.3 Å². The minimum Gasteiger partial charge on any atom is -0.400 e. The summed E-state index contributed by atoms with van der Waals surface area (Å²) in [6.07, 6.45) is 4.04. The number of rotatable bonds is 2. The molecule has 1 fully saturated rings. The van der Waals surface area contributed by atoms with Crippen molar-refractivity contribution in [2.75, 3.05) is 0 Å².